The lowest BCUT2D eigenvalue weighted by Gasteiger charge is -2.14. The van der Waals surface area contributed by atoms with Crippen molar-refractivity contribution in [3.8, 4) is 0 Å². The molecule has 0 spiro atoms. The smallest absolute Gasteiger partial charge is 0.331 e. The Bertz CT molecular complexity index is 774. The van der Waals surface area contributed by atoms with Gasteiger partial charge in [0.1, 0.15) is 5.82 Å². The maximum absolute atomic E-state index is 13.4. The summed E-state index contributed by atoms with van der Waals surface area (Å²) in [5, 5.41) is 2.74. The molecule has 4 nitrogen and oxygen atoms in total. The summed E-state index contributed by atoms with van der Waals surface area (Å²) in [6.45, 7) is 1.43. The van der Waals surface area contributed by atoms with Crippen molar-refractivity contribution in [3.63, 3.8) is 0 Å². The first kappa shape index (κ1) is 18.9. The van der Waals surface area contributed by atoms with Crippen molar-refractivity contribution in [1.29, 1.82) is 0 Å². The van der Waals surface area contributed by atoms with Crippen molar-refractivity contribution in [3.05, 3.63) is 76.0 Å². The Hall–Kier alpha value is -2.47. The molecule has 0 bridgehead atoms. The summed E-state index contributed by atoms with van der Waals surface area (Å²) in [5.41, 5.74) is 1.20. The van der Waals surface area contributed by atoms with Crippen molar-refractivity contribution in [2.45, 2.75) is 13.0 Å². The Labute approximate surface area is 153 Å². The third kappa shape index (κ3) is 6.15. The molecule has 0 saturated carbocycles. The molecule has 0 aliphatic heterocycles. The van der Waals surface area contributed by atoms with Crippen LogP contribution in [0.15, 0.2) is 59.1 Å². The largest absolute Gasteiger partial charge is 0.452 e. The number of hydrogen-bond acceptors (Lipinski definition) is 3. The number of nitrogens with one attached hydrogen (secondary N) is 1. The zero-order chi connectivity index (χ0) is 18.2. The first-order valence-electron chi connectivity index (χ1n) is 7.60. The predicted octanol–water partition coefficient (Wildman–Crippen LogP) is 4.02. The van der Waals surface area contributed by atoms with Crippen molar-refractivity contribution in [2.75, 3.05) is 6.61 Å². The van der Waals surface area contributed by atoms with E-state index in [1.54, 1.807) is 12.1 Å². The second kappa shape index (κ2) is 9.13. The molecule has 2 aromatic carbocycles. The highest BCUT2D eigenvalue weighted by atomic mass is 79.9. The van der Waals surface area contributed by atoms with Crippen molar-refractivity contribution < 1.29 is 18.7 Å². The Kier molecular flexibility index (Phi) is 6.89. The highest BCUT2D eigenvalue weighted by Gasteiger charge is 2.11. The monoisotopic (exact) mass is 405 g/mol. The lowest BCUT2D eigenvalue weighted by Crippen LogP contribution is -2.30. The normalized spacial score (nSPS) is 12.0. The maximum atomic E-state index is 13.4. The average molecular weight is 406 g/mol. The van der Waals surface area contributed by atoms with Gasteiger partial charge in [-0.3, -0.25) is 4.79 Å². The summed E-state index contributed by atoms with van der Waals surface area (Å²) in [6, 6.07) is 13.4. The first-order valence-corrected chi connectivity index (χ1v) is 8.39. The minimum absolute atomic E-state index is 0.215. The molecule has 25 heavy (non-hydrogen) atoms. The van der Waals surface area contributed by atoms with E-state index in [9.17, 15) is 14.0 Å². The average Bonchev–Trinajstić information content (AvgIpc) is 2.59. The molecule has 1 N–H and O–H groups in total. The number of esters is 1. The van der Waals surface area contributed by atoms with Crippen LogP contribution in [0.1, 0.15) is 24.1 Å². The Morgan fingerprint density at radius 1 is 1.20 bits per heavy atom. The predicted molar refractivity (Wildman–Crippen MR) is 97.1 cm³/mol. The van der Waals surface area contributed by atoms with Crippen LogP contribution in [0, 0.1) is 5.82 Å². The number of ether oxygens (including phenoxy) is 1. The minimum atomic E-state index is -0.713. The summed E-state index contributed by atoms with van der Waals surface area (Å²) in [4.78, 5) is 23.5. The quantitative estimate of drug-likeness (QED) is 0.583. The number of benzene rings is 2. The summed E-state index contributed by atoms with van der Waals surface area (Å²) in [5.74, 6) is -1.56. The second-order valence-electron chi connectivity index (χ2n) is 5.30. The van der Waals surface area contributed by atoms with E-state index in [1.807, 2.05) is 31.2 Å². The fourth-order valence-corrected chi connectivity index (χ4v) is 2.34. The van der Waals surface area contributed by atoms with Gasteiger partial charge in [0.2, 0.25) is 0 Å². The van der Waals surface area contributed by atoms with Gasteiger partial charge < -0.3 is 10.1 Å². The van der Waals surface area contributed by atoms with Gasteiger partial charge in [-0.15, -0.1) is 0 Å². The first-order chi connectivity index (χ1) is 12.0. The summed E-state index contributed by atoms with van der Waals surface area (Å²) in [7, 11) is 0. The molecular formula is C19H17BrFNO3. The van der Waals surface area contributed by atoms with Gasteiger partial charge in [-0.2, -0.15) is 0 Å². The standard InChI is InChI=1S/C19H17BrFNO3/c1-13(14-6-9-16(20)10-7-14)22-18(23)12-25-19(24)11-8-15-4-2-3-5-17(15)21/h2-11,13H,12H2,1H3,(H,22,23)/b11-8+/t13-/m1/s1. The van der Waals surface area contributed by atoms with E-state index in [4.69, 9.17) is 4.74 Å². The van der Waals surface area contributed by atoms with E-state index in [1.165, 1.54) is 18.2 Å². The topological polar surface area (TPSA) is 55.4 Å². The number of carbonyl (C=O) groups is 2. The van der Waals surface area contributed by atoms with Crippen molar-refractivity contribution in [2.24, 2.45) is 0 Å². The van der Waals surface area contributed by atoms with Crippen molar-refractivity contribution >= 4 is 33.9 Å². The Morgan fingerprint density at radius 2 is 1.88 bits per heavy atom. The van der Waals surface area contributed by atoms with E-state index >= 15 is 0 Å². The fourth-order valence-electron chi connectivity index (χ4n) is 2.07. The third-order valence-electron chi connectivity index (χ3n) is 3.40. The Balaban J connectivity index is 1.80. The maximum Gasteiger partial charge on any atom is 0.331 e. The van der Waals surface area contributed by atoms with Crippen LogP contribution in [0.2, 0.25) is 0 Å². The molecule has 0 aliphatic rings. The molecule has 0 aliphatic carbocycles. The molecule has 0 fully saturated rings. The van der Waals surface area contributed by atoms with E-state index in [0.29, 0.717) is 0 Å². The molecule has 2 rings (SSSR count). The van der Waals surface area contributed by atoms with Crippen LogP contribution in [-0.2, 0) is 14.3 Å². The summed E-state index contributed by atoms with van der Waals surface area (Å²) < 4.78 is 19.2. The molecule has 130 valence electrons. The number of amides is 1. The van der Waals surface area contributed by atoms with Crippen LogP contribution in [0.5, 0.6) is 0 Å². The molecule has 1 atom stereocenters. The van der Waals surface area contributed by atoms with Crippen LogP contribution in [-0.4, -0.2) is 18.5 Å². The van der Waals surface area contributed by atoms with Gasteiger partial charge in [0, 0.05) is 16.1 Å². The van der Waals surface area contributed by atoms with Gasteiger partial charge in [-0.25, -0.2) is 9.18 Å². The molecule has 1 amide bonds. The second-order valence-corrected chi connectivity index (χ2v) is 6.22. The molecule has 6 heteroatoms. The molecule has 2 aromatic rings. The van der Waals surface area contributed by atoms with Gasteiger partial charge in [-0.1, -0.05) is 46.3 Å². The zero-order valence-electron chi connectivity index (χ0n) is 13.5. The molecule has 0 unspecified atom stereocenters. The Morgan fingerprint density at radius 3 is 2.56 bits per heavy atom. The highest BCUT2D eigenvalue weighted by molar-refractivity contribution is 9.10. The van der Waals surface area contributed by atoms with Crippen LogP contribution in [0.3, 0.4) is 0 Å². The van der Waals surface area contributed by atoms with Crippen LogP contribution >= 0.6 is 15.9 Å². The molecule has 0 radical (unpaired) electrons. The number of hydrogen-bond donors (Lipinski definition) is 1. The van der Waals surface area contributed by atoms with Gasteiger partial charge in [0.05, 0.1) is 6.04 Å². The third-order valence-corrected chi connectivity index (χ3v) is 3.93. The number of rotatable bonds is 6. The van der Waals surface area contributed by atoms with E-state index < -0.39 is 24.3 Å². The fraction of sp³-hybridized carbons (Fsp3) is 0.158. The minimum Gasteiger partial charge on any atom is -0.452 e. The SMILES string of the molecule is C[C@@H](NC(=O)COC(=O)/C=C/c1ccccc1F)c1ccc(Br)cc1. The van der Waals surface area contributed by atoms with Gasteiger partial charge >= 0.3 is 5.97 Å². The van der Waals surface area contributed by atoms with E-state index in [-0.39, 0.29) is 11.6 Å². The number of halogens is 2. The van der Waals surface area contributed by atoms with Crippen LogP contribution in [0.4, 0.5) is 4.39 Å². The van der Waals surface area contributed by atoms with E-state index in [2.05, 4.69) is 21.2 Å². The van der Waals surface area contributed by atoms with Crippen LogP contribution in [0.25, 0.3) is 6.08 Å². The summed E-state index contributed by atoms with van der Waals surface area (Å²) >= 11 is 3.35. The highest BCUT2D eigenvalue weighted by Crippen LogP contribution is 2.16. The molecule has 0 saturated heterocycles. The lowest BCUT2D eigenvalue weighted by atomic mass is 10.1. The van der Waals surface area contributed by atoms with Crippen LogP contribution < -0.4 is 5.32 Å². The summed E-state index contributed by atoms with van der Waals surface area (Å²) in [6.07, 6.45) is 2.39. The van der Waals surface area contributed by atoms with Crippen molar-refractivity contribution in [1.82, 2.24) is 5.32 Å². The van der Waals surface area contributed by atoms with E-state index in [0.717, 1.165) is 16.1 Å². The lowest BCUT2D eigenvalue weighted by molar-refractivity contribution is -0.144. The molecule has 0 aromatic heterocycles. The molecular weight excluding hydrogens is 389 g/mol. The van der Waals surface area contributed by atoms with Gasteiger partial charge in [0.25, 0.3) is 5.91 Å². The zero-order valence-corrected chi connectivity index (χ0v) is 15.1. The van der Waals surface area contributed by atoms with Gasteiger partial charge in [-0.05, 0) is 36.8 Å². The van der Waals surface area contributed by atoms with Gasteiger partial charge in [0.15, 0.2) is 6.61 Å². The number of carbonyl (C=O) groups excluding carboxylic acids is 2. The molecule has 0 heterocycles.